The minimum absolute atomic E-state index is 0.666. The largest absolute Gasteiger partial charge is 0.456 e. The highest BCUT2D eigenvalue weighted by atomic mass is 35.5. The first-order chi connectivity index (χ1) is 19.2. The lowest BCUT2D eigenvalue weighted by Gasteiger charge is -2.26. The third kappa shape index (κ3) is 4.46. The molecule has 7 rings (SSSR count). The first-order valence-corrected chi connectivity index (χ1v) is 13.3. The Morgan fingerprint density at radius 1 is 0.410 bits per heavy atom. The van der Waals surface area contributed by atoms with E-state index >= 15 is 0 Å². The van der Waals surface area contributed by atoms with Crippen LogP contribution in [-0.4, -0.2) is 0 Å². The number of rotatable bonds is 5. The molecule has 0 saturated heterocycles. The van der Waals surface area contributed by atoms with Crippen LogP contribution in [0.15, 0.2) is 150 Å². The van der Waals surface area contributed by atoms with Crippen molar-refractivity contribution in [3.05, 3.63) is 151 Å². The fraction of sp³-hybridized carbons (Fsp3) is 0. The van der Waals surface area contributed by atoms with E-state index in [1.165, 1.54) is 22.3 Å². The predicted octanol–water partition coefficient (Wildman–Crippen LogP) is 11.0. The smallest absolute Gasteiger partial charge is 0.136 e. The van der Waals surface area contributed by atoms with Crippen LogP contribution in [0.2, 0.25) is 5.02 Å². The van der Waals surface area contributed by atoms with Crippen LogP contribution in [-0.2, 0) is 0 Å². The van der Waals surface area contributed by atoms with Crippen molar-refractivity contribution >= 4 is 50.6 Å². The van der Waals surface area contributed by atoms with Gasteiger partial charge >= 0.3 is 0 Å². The summed E-state index contributed by atoms with van der Waals surface area (Å²) in [7, 11) is 0. The molecule has 7 aromatic rings. The predicted molar refractivity (Wildman–Crippen MR) is 164 cm³/mol. The van der Waals surface area contributed by atoms with Crippen LogP contribution in [0.4, 0.5) is 17.1 Å². The molecule has 0 aliphatic carbocycles. The second-order valence-electron chi connectivity index (χ2n) is 9.59. The molecule has 1 heterocycles. The Bertz CT molecular complexity index is 1840. The lowest BCUT2D eigenvalue weighted by molar-refractivity contribution is 0.669. The summed E-state index contributed by atoms with van der Waals surface area (Å²) in [6, 6.07) is 50.6. The van der Waals surface area contributed by atoms with E-state index in [0.717, 1.165) is 39.0 Å². The fourth-order valence-corrected chi connectivity index (χ4v) is 5.40. The molecule has 3 heteroatoms. The van der Waals surface area contributed by atoms with Crippen molar-refractivity contribution < 1.29 is 4.42 Å². The van der Waals surface area contributed by atoms with Crippen molar-refractivity contribution in [1.82, 2.24) is 0 Å². The highest BCUT2D eigenvalue weighted by Crippen LogP contribution is 2.41. The number of hydrogen-bond donors (Lipinski definition) is 0. The summed E-state index contributed by atoms with van der Waals surface area (Å²) in [6.45, 7) is 0. The molecule has 0 unspecified atom stereocenters. The quantitative estimate of drug-likeness (QED) is 0.224. The topological polar surface area (TPSA) is 16.4 Å². The number of benzene rings is 6. The van der Waals surface area contributed by atoms with Crippen molar-refractivity contribution in [2.75, 3.05) is 4.90 Å². The van der Waals surface area contributed by atoms with Gasteiger partial charge in [0.05, 0.1) is 0 Å². The number of hydrogen-bond acceptors (Lipinski definition) is 2. The summed E-state index contributed by atoms with van der Waals surface area (Å²) in [4.78, 5) is 2.31. The van der Waals surface area contributed by atoms with E-state index in [2.05, 4.69) is 114 Å². The van der Waals surface area contributed by atoms with Crippen molar-refractivity contribution in [2.45, 2.75) is 0 Å². The Morgan fingerprint density at radius 2 is 0.974 bits per heavy atom. The van der Waals surface area contributed by atoms with E-state index < -0.39 is 0 Å². The molecule has 0 N–H and O–H groups in total. The Kier molecular flexibility index (Phi) is 5.88. The van der Waals surface area contributed by atoms with E-state index in [0.29, 0.717) is 5.02 Å². The average Bonchev–Trinajstić information content (AvgIpc) is 3.35. The Balaban J connectivity index is 1.43. The van der Waals surface area contributed by atoms with Gasteiger partial charge in [0.1, 0.15) is 11.2 Å². The van der Waals surface area contributed by atoms with Crippen LogP contribution in [0, 0.1) is 0 Å². The lowest BCUT2D eigenvalue weighted by Crippen LogP contribution is -2.10. The Hall–Kier alpha value is -4.79. The lowest BCUT2D eigenvalue weighted by atomic mass is 10.0. The van der Waals surface area contributed by atoms with Crippen molar-refractivity contribution in [3.63, 3.8) is 0 Å². The van der Waals surface area contributed by atoms with Gasteiger partial charge in [0.25, 0.3) is 0 Å². The summed E-state index contributed by atoms with van der Waals surface area (Å²) in [5.74, 6) is 0. The molecule has 0 atom stereocenters. The normalized spacial score (nSPS) is 11.2. The van der Waals surface area contributed by atoms with Gasteiger partial charge in [-0.15, -0.1) is 0 Å². The zero-order valence-corrected chi connectivity index (χ0v) is 21.8. The van der Waals surface area contributed by atoms with E-state index in [1.807, 2.05) is 36.4 Å². The van der Waals surface area contributed by atoms with Gasteiger partial charge in [0.2, 0.25) is 0 Å². The van der Waals surface area contributed by atoms with E-state index in [-0.39, 0.29) is 0 Å². The molecular formula is C36H24ClNO. The van der Waals surface area contributed by atoms with E-state index in [1.54, 1.807) is 0 Å². The SMILES string of the molecule is Clc1ccc2c(c1)oc1ccc(N(c3cccc(-c4ccccc4)c3)c3cccc(-c4ccccc4)c3)cc12. The molecule has 0 radical (unpaired) electrons. The molecule has 0 fully saturated rings. The maximum Gasteiger partial charge on any atom is 0.136 e. The molecule has 0 bridgehead atoms. The Morgan fingerprint density at radius 3 is 1.59 bits per heavy atom. The summed E-state index contributed by atoms with van der Waals surface area (Å²) < 4.78 is 6.13. The van der Waals surface area contributed by atoms with Gasteiger partial charge in [-0.3, -0.25) is 0 Å². The van der Waals surface area contributed by atoms with Gasteiger partial charge in [-0.05, 0) is 76.9 Å². The van der Waals surface area contributed by atoms with Crippen LogP contribution in [0.5, 0.6) is 0 Å². The molecule has 39 heavy (non-hydrogen) atoms. The first-order valence-electron chi connectivity index (χ1n) is 13.0. The van der Waals surface area contributed by atoms with Crippen molar-refractivity contribution in [3.8, 4) is 22.3 Å². The maximum atomic E-state index is 6.25. The van der Waals surface area contributed by atoms with Gasteiger partial charge in [-0.1, -0.05) is 96.5 Å². The number of nitrogens with zero attached hydrogens (tertiary/aromatic N) is 1. The summed E-state index contributed by atoms with van der Waals surface area (Å²) in [5, 5.41) is 2.77. The standard InChI is InChI=1S/C36H24ClNO/c37-29-17-19-33-34-24-32(18-20-35(34)39-36(33)23-29)38(30-15-7-13-27(21-30)25-9-3-1-4-10-25)31-16-8-14-28(22-31)26-11-5-2-6-12-26/h1-24H. The molecule has 1 aromatic heterocycles. The Labute approximate surface area is 232 Å². The molecule has 0 aliphatic rings. The molecule has 0 spiro atoms. The highest BCUT2D eigenvalue weighted by molar-refractivity contribution is 6.31. The van der Waals surface area contributed by atoms with Crippen molar-refractivity contribution in [1.29, 1.82) is 0 Å². The summed E-state index contributed by atoms with van der Waals surface area (Å²) >= 11 is 6.25. The van der Waals surface area contributed by atoms with Gasteiger partial charge in [-0.25, -0.2) is 0 Å². The molecule has 0 saturated carbocycles. The minimum Gasteiger partial charge on any atom is -0.456 e. The van der Waals surface area contributed by atoms with Gasteiger partial charge in [-0.2, -0.15) is 0 Å². The molecule has 186 valence electrons. The van der Waals surface area contributed by atoms with E-state index in [9.17, 15) is 0 Å². The monoisotopic (exact) mass is 521 g/mol. The van der Waals surface area contributed by atoms with Crippen LogP contribution >= 0.6 is 11.6 Å². The van der Waals surface area contributed by atoms with E-state index in [4.69, 9.17) is 16.0 Å². The van der Waals surface area contributed by atoms with Crippen LogP contribution < -0.4 is 4.90 Å². The van der Waals surface area contributed by atoms with Gasteiger partial charge in [0, 0.05) is 38.9 Å². The number of furan rings is 1. The number of fused-ring (bicyclic) bond motifs is 3. The summed E-state index contributed by atoms with van der Waals surface area (Å²) in [5.41, 5.74) is 9.55. The number of halogens is 1. The van der Waals surface area contributed by atoms with Crippen LogP contribution in [0.3, 0.4) is 0 Å². The molecule has 6 aromatic carbocycles. The number of anilines is 3. The fourth-order valence-electron chi connectivity index (χ4n) is 5.24. The average molecular weight is 522 g/mol. The maximum absolute atomic E-state index is 6.25. The third-order valence-electron chi connectivity index (χ3n) is 7.10. The molecular weight excluding hydrogens is 498 g/mol. The zero-order chi connectivity index (χ0) is 26.2. The zero-order valence-electron chi connectivity index (χ0n) is 21.1. The molecule has 0 amide bonds. The van der Waals surface area contributed by atoms with Gasteiger partial charge in [0.15, 0.2) is 0 Å². The van der Waals surface area contributed by atoms with Gasteiger partial charge < -0.3 is 9.32 Å². The third-order valence-corrected chi connectivity index (χ3v) is 7.33. The second-order valence-corrected chi connectivity index (χ2v) is 10.0. The first kappa shape index (κ1) is 23.3. The summed E-state index contributed by atoms with van der Waals surface area (Å²) in [6.07, 6.45) is 0. The second kappa shape index (κ2) is 9.83. The van der Waals surface area contributed by atoms with Crippen LogP contribution in [0.25, 0.3) is 44.2 Å². The minimum atomic E-state index is 0.666. The van der Waals surface area contributed by atoms with Crippen LogP contribution in [0.1, 0.15) is 0 Å². The molecule has 0 aliphatic heterocycles. The molecule has 2 nitrogen and oxygen atoms in total. The van der Waals surface area contributed by atoms with Crippen molar-refractivity contribution in [2.24, 2.45) is 0 Å². The highest BCUT2D eigenvalue weighted by Gasteiger charge is 2.17.